The lowest BCUT2D eigenvalue weighted by molar-refractivity contribution is -0.145. The van der Waals surface area contributed by atoms with Crippen LogP contribution in [-0.2, 0) is 9.53 Å². The van der Waals surface area contributed by atoms with E-state index >= 15 is 0 Å². The van der Waals surface area contributed by atoms with Crippen LogP contribution >= 0.6 is 28.3 Å². The Balaban J connectivity index is 0.00000144. The number of halogens is 2. The molecular weight excluding hydrogens is 305 g/mol. The average molecular weight is 321 g/mol. The van der Waals surface area contributed by atoms with Crippen molar-refractivity contribution in [3.05, 3.63) is 34.3 Å². The second-order valence-electron chi connectivity index (χ2n) is 3.95. The van der Waals surface area contributed by atoms with Gasteiger partial charge in [0.05, 0.1) is 13.0 Å². The van der Waals surface area contributed by atoms with Crippen molar-refractivity contribution in [2.75, 3.05) is 20.2 Å². The summed E-state index contributed by atoms with van der Waals surface area (Å²) in [4.78, 5) is 11.6. The summed E-state index contributed by atoms with van der Waals surface area (Å²) in [6, 6.07) is 8.11. The Bertz CT molecular complexity index is 383. The van der Waals surface area contributed by atoms with Crippen LogP contribution in [0.15, 0.2) is 28.7 Å². The molecule has 0 aromatic heterocycles. The molecular formula is C12H15BrClNO2. The molecule has 1 heterocycles. The monoisotopic (exact) mass is 319 g/mol. The summed E-state index contributed by atoms with van der Waals surface area (Å²) in [7, 11) is 1.44. The minimum atomic E-state index is -0.127. The van der Waals surface area contributed by atoms with Gasteiger partial charge in [0, 0.05) is 23.5 Å². The highest BCUT2D eigenvalue weighted by Crippen LogP contribution is 2.29. The molecule has 0 radical (unpaired) electrons. The van der Waals surface area contributed by atoms with Crippen LogP contribution in [0.2, 0.25) is 0 Å². The fourth-order valence-corrected chi connectivity index (χ4v) is 2.40. The molecule has 1 aliphatic heterocycles. The SMILES string of the molecule is COC(=O)[C@@H]1CNC[C@H]1c1ccc(Br)cc1.Cl. The van der Waals surface area contributed by atoms with E-state index in [-0.39, 0.29) is 30.2 Å². The zero-order valence-corrected chi connectivity index (χ0v) is 11.9. The van der Waals surface area contributed by atoms with Crippen LogP contribution < -0.4 is 5.32 Å². The number of carbonyl (C=O) groups excluding carboxylic acids is 1. The topological polar surface area (TPSA) is 38.3 Å². The molecule has 0 amide bonds. The van der Waals surface area contributed by atoms with Crippen LogP contribution in [-0.4, -0.2) is 26.2 Å². The maximum Gasteiger partial charge on any atom is 0.310 e. The first-order valence-corrected chi connectivity index (χ1v) is 6.05. The molecule has 0 saturated carbocycles. The van der Waals surface area contributed by atoms with Gasteiger partial charge in [-0.25, -0.2) is 0 Å². The van der Waals surface area contributed by atoms with Crippen LogP contribution in [0.3, 0.4) is 0 Å². The van der Waals surface area contributed by atoms with Crippen molar-refractivity contribution in [3.8, 4) is 0 Å². The predicted octanol–water partition coefficient (Wildman–Crippen LogP) is 2.35. The molecule has 1 aliphatic rings. The van der Waals surface area contributed by atoms with Gasteiger partial charge in [0.2, 0.25) is 0 Å². The second-order valence-corrected chi connectivity index (χ2v) is 4.86. The Morgan fingerprint density at radius 3 is 2.59 bits per heavy atom. The lowest BCUT2D eigenvalue weighted by atomic mass is 9.89. The third-order valence-electron chi connectivity index (χ3n) is 3.02. The van der Waals surface area contributed by atoms with Crippen LogP contribution in [0, 0.1) is 5.92 Å². The highest BCUT2D eigenvalue weighted by atomic mass is 79.9. The maximum absolute atomic E-state index is 11.6. The fraction of sp³-hybridized carbons (Fsp3) is 0.417. The summed E-state index contributed by atoms with van der Waals surface area (Å²) in [6.07, 6.45) is 0. The number of benzene rings is 1. The summed E-state index contributed by atoms with van der Waals surface area (Å²) in [5, 5.41) is 3.24. The molecule has 0 aliphatic carbocycles. The lowest BCUT2D eigenvalue weighted by Gasteiger charge is -2.16. The van der Waals surface area contributed by atoms with E-state index in [4.69, 9.17) is 4.74 Å². The first-order chi connectivity index (χ1) is 7.72. The Hall–Kier alpha value is -0.580. The smallest absolute Gasteiger partial charge is 0.310 e. The van der Waals surface area contributed by atoms with E-state index < -0.39 is 0 Å². The van der Waals surface area contributed by atoms with Crippen molar-refractivity contribution in [2.45, 2.75) is 5.92 Å². The van der Waals surface area contributed by atoms with Gasteiger partial charge in [-0.15, -0.1) is 12.4 Å². The Morgan fingerprint density at radius 1 is 1.35 bits per heavy atom. The van der Waals surface area contributed by atoms with Crippen molar-refractivity contribution in [2.24, 2.45) is 5.92 Å². The van der Waals surface area contributed by atoms with Crippen molar-refractivity contribution in [1.29, 1.82) is 0 Å². The van der Waals surface area contributed by atoms with Gasteiger partial charge in [0.15, 0.2) is 0 Å². The summed E-state index contributed by atoms with van der Waals surface area (Å²) >= 11 is 3.40. The molecule has 1 aromatic carbocycles. The molecule has 94 valence electrons. The number of nitrogens with one attached hydrogen (secondary N) is 1. The first-order valence-electron chi connectivity index (χ1n) is 5.26. The van der Waals surface area contributed by atoms with Gasteiger partial charge in [-0.3, -0.25) is 4.79 Å². The number of rotatable bonds is 2. The molecule has 0 unspecified atom stereocenters. The Kier molecular flexibility index (Phi) is 5.43. The van der Waals surface area contributed by atoms with Gasteiger partial charge in [0.1, 0.15) is 0 Å². The van der Waals surface area contributed by atoms with E-state index in [0.29, 0.717) is 6.54 Å². The number of methoxy groups -OCH3 is 1. The van der Waals surface area contributed by atoms with Crippen LogP contribution in [0.25, 0.3) is 0 Å². The van der Waals surface area contributed by atoms with Crippen LogP contribution in [0.4, 0.5) is 0 Å². The Morgan fingerprint density at radius 2 is 2.00 bits per heavy atom. The quantitative estimate of drug-likeness (QED) is 0.850. The molecule has 0 spiro atoms. The van der Waals surface area contributed by atoms with Gasteiger partial charge in [-0.2, -0.15) is 0 Å². The number of hydrogen-bond donors (Lipinski definition) is 1. The third-order valence-corrected chi connectivity index (χ3v) is 3.54. The van der Waals surface area contributed by atoms with Crippen molar-refractivity contribution >= 4 is 34.3 Å². The van der Waals surface area contributed by atoms with Gasteiger partial charge >= 0.3 is 5.97 Å². The van der Waals surface area contributed by atoms with E-state index in [1.807, 2.05) is 12.1 Å². The largest absolute Gasteiger partial charge is 0.469 e. The van der Waals surface area contributed by atoms with Gasteiger partial charge in [-0.1, -0.05) is 28.1 Å². The fourth-order valence-electron chi connectivity index (χ4n) is 2.14. The summed E-state index contributed by atoms with van der Waals surface area (Å²) in [5.74, 6) is 0.0321. The van der Waals surface area contributed by atoms with Gasteiger partial charge in [-0.05, 0) is 17.7 Å². The van der Waals surface area contributed by atoms with E-state index in [1.165, 1.54) is 12.7 Å². The summed E-state index contributed by atoms with van der Waals surface area (Å²) < 4.78 is 5.87. The molecule has 0 bridgehead atoms. The summed E-state index contributed by atoms with van der Waals surface area (Å²) in [5.41, 5.74) is 1.18. The van der Waals surface area contributed by atoms with Crippen LogP contribution in [0.1, 0.15) is 11.5 Å². The molecule has 2 atom stereocenters. The van der Waals surface area contributed by atoms with Gasteiger partial charge < -0.3 is 10.1 Å². The first kappa shape index (κ1) is 14.5. The number of hydrogen-bond acceptors (Lipinski definition) is 3. The molecule has 5 heteroatoms. The highest BCUT2D eigenvalue weighted by molar-refractivity contribution is 9.10. The summed E-state index contributed by atoms with van der Waals surface area (Å²) in [6.45, 7) is 1.54. The molecule has 1 saturated heterocycles. The third kappa shape index (κ3) is 3.21. The number of esters is 1. The molecule has 1 fully saturated rings. The average Bonchev–Trinajstić information content (AvgIpc) is 2.78. The van der Waals surface area contributed by atoms with E-state index in [2.05, 4.69) is 33.4 Å². The minimum Gasteiger partial charge on any atom is -0.469 e. The lowest BCUT2D eigenvalue weighted by Crippen LogP contribution is -2.22. The minimum absolute atomic E-state index is 0. The Labute approximate surface area is 115 Å². The molecule has 17 heavy (non-hydrogen) atoms. The van der Waals surface area contributed by atoms with E-state index in [9.17, 15) is 4.79 Å². The van der Waals surface area contributed by atoms with Crippen molar-refractivity contribution in [1.82, 2.24) is 5.32 Å². The molecule has 1 aromatic rings. The maximum atomic E-state index is 11.6. The zero-order chi connectivity index (χ0) is 11.5. The number of ether oxygens (including phenoxy) is 1. The standard InChI is InChI=1S/C12H14BrNO2.ClH/c1-16-12(15)11-7-14-6-10(11)8-2-4-9(13)5-3-8;/h2-5,10-11,14H,6-7H2,1H3;1H/t10-,11+;/m0./s1. The van der Waals surface area contributed by atoms with E-state index in [1.54, 1.807) is 0 Å². The highest BCUT2D eigenvalue weighted by Gasteiger charge is 2.34. The molecule has 3 nitrogen and oxygen atoms in total. The zero-order valence-electron chi connectivity index (χ0n) is 9.48. The van der Waals surface area contributed by atoms with Crippen LogP contribution in [0.5, 0.6) is 0 Å². The number of carbonyl (C=O) groups is 1. The molecule has 1 N–H and O–H groups in total. The van der Waals surface area contributed by atoms with Crippen molar-refractivity contribution in [3.63, 3.8) is 0 Å². The predicted molar refractivity (Wildman–Crippen MR) is 72.5 cm³/mol. The second kappa shape index (κ2) is 6.38. The van der Waals surface area contributed by atoms with Gasteiger partial charge in [0.25, 0.3) is 0 Å². The van der Waals surface area contributed by atoms with E-state index in [0.717, 1.165) is 11.0 Å². The normalized spacial score (nSPS) is 22.9. The molecule has 2 rings (SSSR count). The van der Waals surface area contributed by atoms with Crippen molar-refractivity contribution < 1.29 is 9.53 Å².